The van der Waals surface area contributed by atoms with Crippen LogP contribution in [-0.4, -0.2) is 6.54 Å². The van der Waals surface area contributed by atoms with Gasteiger partial charge < -0.3 is 5.73 Å². The normalized spacial score (nSPS) is 12.5. The maximum atomic E-state index is 5.80. The van der Waals surface area contributed by atoms with E-state index in [2.05, 4.69) is 49.0 Å². The van der Waals surface area contributed by atoms with Gasteiger partial charge in [0.15, 0.2) is 0 Å². The van der Waals surface area contributed by atoms with Crippen molar-refractivity contribution in [3.8, 4) is 0 Å². The molecule has 0 aliphatic rings. The molecule has 17 heavy (non-hydrogen) atoms. The first-order valence-electron chi connectivity index (χ1n) is 6.12. The topological polar surface area (TPSA) is 26.0 Å². The molecule has 2 aromatic carbocycles. The van der Waals surface area contributed by atoms with Crippen LogP contribution >= 0.6 is 0 Å². The zero-order chi connectivity index (χ0) is 12.1. The van der Waals surface area contributed by atoms with Crippen LogP contribution in [0.15, 0.2) is 55.1 Å². The average Bonchev–Trinajstić information content (AvgIpc) is 2.38. The van der Waals surface area contributed by atoms with Crippen molar-refractivity contribution in [1.29, 1.82) is 0 Å². The molecular weight excluding hydrogens is 206 g/mol. The molecule has 0 radical (unpaired) electrons. The highest BCUT2D eigenvalue weighted by atomic mass is 14.5. The summed E-state index contributed by atoms with van der Waals surface area (Å²) in [6.45, 7) is 4.51. The largest absolute Gasteiger partial charge is 0.330 e. The molecule has 2 rings (SSSR count). The first kappa shape index (κ1) is 11.9. The summed E-state index contributed by atoms with van der Waals surface area (Å²) in [4.78, 5) is 0. The molecule has 0 aliphatic heterocycles. The van der Waals surface area contributed by atoms with Crippen LogP contribution in [0.5, 0.6) is 0 Å². The molecule has 0 unspecified atom stereocenters. The Balaban J connectivity index is 2.31. The number of nitrogens with two attached hydrogens (primary N) is 1. The van der Waals surface area contributed by atoms with E-state index in [1.807, 2.05) is 6.08 Å². The van der Waals surface area contributed by atoms with Crippen molar-refractivity contribution in [2.45, 2.75) is 12.8 Å². The minimum atomic E-state index is 0.498. The maximum Gasteiger partial charge on any atom is -0.00427 e. The molecule has 2 aromatic rings. The summed E-state index contributed by atoms with van der Waals surface area (Å²) in [6.07, 6.45) is 3.98. The van der Waals surface area contributed by atoms with Gasteiger partial charge in [-0.2, -0.15) is 0 Å². The van der Waals surface area contributed by atoms with E-state index in [0.717, 1.165) is 19.4 Å². The van der Waals surface area contributed by atoms with Gasteiger partial charge in [-0.25, -0.2) is 0 Å². The van der Waals surface area contributed by atoms with E-state index in [9.17, 15) is 0 Å². The minimum absolute atomic E-state index is 0.498. The van der Waals surface area contributed by atoms with E-state index in [0.29, 0.717) is 5.92 Å². The van der Waals surface area contributed by atoms with Crippen LogP contribution in [0.4, 0.5) is 0 Å². The lowest BCUT2D eigenvalue weighted by Gasteiger charge is -2.14. The Morgan fingerprint density at radius 2 is 1.88 bits per heavy atom. The average molecular weight is 225 g/mol. The van der Waals surface area contributed by atoms with Crippen molar-refractivity contribution in [2.75, 3.05) is 6.54 Å². The van der Waals surface area contributed by atoms with Crippen molar-refractivity contribution in [3.63, 3.8) is 0 Å². The van der Waals surface area contributed by atoms with E-state index in [-0.39, 0.29) is 0 Å². The SMILES string of the molecule is C=CC[C@H](CN)Cc1cccc2ccccc12. The van der Waals surface area contributed by atoms with Gasteiger partial charge >= 0.3 is 0 Å². The smallest absolute Gasteiger partial charge is 0.00427 e. The molecular formula is C16H19N. The summed E-state index contributed by atoms with van der Waals surface area (Å²) >= 11 is 0. The lowest BCUT2D eigenvalue weighted by atomic mass is 9.93. The molecule has 0 aliphatic carbocycles. The molecule has 1 heteroatoms. The Bertz CT molecular complexity index is 496. The summed E-state index contributed by atoms with van der Waals surface area (Å²) in [5.74, 6) is 0.498. The summed E-state index contributed by atoms with van der Waals surface area (Å²) < 4.78 is 0. The summed E-state index contributed by atoms with van der Waals surface area (Å²) in [7, 11) is 0. The molecule has 0 bridgehead atoms. The Morgan fingerprint density at radius 3 is 2.65 bits per heavy atom. The quantitative estimate of drug-likeness (QED) is 0.774. The second-order valence-corrected chi connectivity index (χ2v) is 4.47. The number of fused-ring (bicyclic) bond motifs is 1. The number of rotatable bonds is 5. The van der Waals surface area contributed by atoms with Crippen LogP contribution in [0.3, 0.4) is 0 Å². The van der Waals surface area contributed by atoms with Crippen LogP contribution in [0.1, 0.15) is 12.0 Å². The van der Waals surface area contributed by atoms with E-state index >= 15 is 0 Å². The Kier molecular flexibility index (Phi) is 3.94. The van der Waals surface area contributed by atoms with Crippen LogP contribution in [0.2, 0.25) is 0 Å². The van der Waals surface area contributed by atoms with Crippen LogP contribution in [0, 0.1) is 5.92 Å². The van der Waals surface area contributed by atoms with E-state index in [1.165, 1.54) is 16.3 Å². The second kappa shape index (κ2) is 5.65. The molecule has 0 saturated carbocycles. The van der Waals surface area contributed by atoms with Crippen molar-refractivity contribution < 1.29 is 0 Å². The number of hydrogen-bond donors (Lipinski definition) is 1. The lowest BCUT2D eigenvalue weighted by Crippen LogP contribution is -2.16. The highest BCUT2D eigenvalue weighted by Gasteiger charge is 2.08. The highest BCUT2D eigenvalue weighted by Crippen LogP contribution is 2.22. The van der Waals surface area contributed by atoms with E-state index in [1.54, 1.807) is 0 Å². The monoisotopic (exact) mass is 225 g/mol. The lowest BCUT2D eigenvalue weighted by molar-refractivity contribution is 0.546. The first-order chi connectivity index (χ1) is 8.35. The fourth-order valence-corrected chi connectivity index (χ4v) is 2.28. The molecule has 1 atom stereocenters. The zero-order valence-electron chi connectivity index (χ0n) is 10.1. The summed E-state index contributed by atoms with van der Waals surface area (Å²) in [5.41, 5.74) is 7.19. The molecule has 1 nitrogen and oxygen atoms in total. The Morgan fingerprint density at radius 1 is 1.12 bits per heavy atom. The number of benzene rings is 2. The van der Waals surface area contributed by atoms with Crippen LogP contribution in [0.25, 0.3) is 10.8 Å². The van der Waals surface area contributed by atoms with Crippen molar-refractivity contribution >= 4 is 10.8 Å². The first-order valence-corrected chi connectivity index (χ1v) is 6.12. The third-order valence-electron chi connectivity index (χ3n) is 3.22. The van der Waals surface area contributed by atoms with Gasteiger partial charge in [0.05, 0.1) is 0 Å². The number of allylic oxidation sites excluding steroid dienone is 1. The van der Waals surface area contributed by atoms with Crippen molar-refractivity contribution in [3.05, 3.63) is 60.7 Å². The van der Waals surface area contributed by atoms with Gasteiger partial charge in [-0.05, 0) is 41.6 Å². The van der Waals surface area contributed by atoms with Gasteiger partial charge in [-0.1, -0.05) is 48.5 Å². The van der Waals surface area contributed by atoms with Crippen LogP contribution < -0.4 is 5.73 Å². The van der Waals surface area contributed by atoms with Crippen molar-refractivity contribution in [2.24, 2.45) is 11.7 Å². The molecule has 0 heterocycles. The van der Waals surface area contributed by atoms with E-state index < -0.39 is 0 Å². The van der Waals surface area contributed by atoms with Gasteiger partial charge in [0.25, 0.3) is 0 Å². The van der Waals surface area contributed by atoms with Gasteiger partial charge in [-0.15, -0.1) is 6.58 Å². The van der Waals surface area contributed by atoms with E-state index in [4.69, 9.17) is 5.73 Å². The second-order valence-electron chi connectivity index (χ2n) is 4.47. The molecule has 0 saturated heterocycles. The fraction of sp³-hybridized carbons (Fsp3) is 0.250. The Labute approximate surface area is 103 Å². The molecule has 0 amide bonds. The molecule has 0 aromatic heterocycles. The van der Waals surface area contributed by atoms with Crippen molar-refractivity contribution in [1.82, 2.24) is 0 Å². The van der Waals surface area contributed by atoms with Gasteiger partial charge in [-0.3, -0.25) is 0 Å². The third-order valence-corrected chi connectivity index (χ3v) is 3.22. The standard InChI is InChI=1S/C16H19N/c1-2-6-13(12-17)11-15-9-5-8-14-7-3-4-10-16(14)15/h2-5,7-10,13H,1,6,11-12,17H2/t13-/m0/s1. The molecule has 88 valence electrons. The van der Waals surface area contributed by atoms with Gasteiger partial charge in [0.1, 0.15) is 0 Å². The summed E-state index contributed by atoms with van der Waals surface area (Å²) in [6, 6.07) is 15.0. The fourth-order valence-electron chi connectivity index (χ4n) is 2.28. The third kappa shape index (κ3) is 2.75. The molecule has 0 spiro atoms. The number of hydrogen-bond acceptors (Lipinski definition) is 1. The van der Waals surface area contributed by atoms with Crippen LogP contribution in [-0.2, 0) is 6.42 Å². The highest BCUT2D eigenvalue weighted by molar-refractivity contribution is 5.85. The van der Waals surface area contributed by atoms with Gasteiger partial charge in [0, 0.05) is 0 Å². The summed E-state index contributed by atoms with van der Waals surface area (Å²) in [5, 5.41) is 2.65. The maximum absolute atomic E-state index is 5.80. The minimum Gasteiger partial charge on any atom is -0.330 e. The zero-order valence-corrected chi connectivity index (χ0v) is 10.1. The molecule has 0 fully saturated rings. The molecule has 2 N–H and O–H groups in total. The Hall–Kier alpha value is -1.60. The predicted octanol–water partition coefficient (Wildman–Crippen LogP) is 3.53. The predicted molar refractivity (Wildman–Crippen MR) is 75.0 cm³/mol. The van der Waals surface area contributed by atoms with Gasteiger partial charge in [0.2, 0.25) is 0 Å².